The van der Waals surface area contributed by atoms with Crippen molar-refractivity contribution in [1.82, 2.24) is 15.5 Å². The van der Waals surface area contributed by atoms with Crippen LogP contribution in [-0.2, 0) is 0 Å². The predicted molar refractivity (Wildman–Crippen MR) is 94.0 cm³/mol. The van der Waals surface area contributed by atoms with Crippen molar-refractivity contribution in [3.8, 4) is 5.75 Å². The molecular weight excluding hydrogens is 352 g/mol. The lowest BCUT2D eigenvalue weighted by molar-refractivity contribution is -0.142. The molecule has 0 fully saturated rings. The molecule has 0 aromatic heterocycles. The van der Waals surface area contributed by atoms with Crippen molar-refractivity contribution in [2.24, 2.45) is 4.99 Å². The van der Waals surface area contributed by atoms with Gasteiger partial charge in [-0.05, 0) is 25.6 Å². The van der Waals surface area contributed by atoms with E-state index in [0.29, 0.717) is 25.5 Å². The Labute approximate surface area is 151 Å². The van der Waals surface area contributed by atoms with Crippen molar-refractivity contribution in [1.29, 1.82) is 0 Å². The number of guanidine groups is 1. The van der Waals surface area contributed by atoms with E-state index in [1.807, 2.05) is 6.92 Å². The maximum absolute atomic E-state index is 13.6. The van der Waals surface area contributed by atoms with Gasteiger partial charge in [-0.15, -0.1) is 0 Å². The molecule has 0 amide bonds. The van der Waals surface area contributed by atoms with Gasteiger partial charge in [0.05, 0.1) is 13.1 Å². The Morgan fingerprint density at radius 1 is 1.27 bits per heavy atom. The summed E-state index contributed by atoms with van der Waals surface area (Å²) in [5.41, 5.74) is 0. The molecule has 26 heavy (non-hydrogen) atoms. The molecule has 1 aromatic carbocycles. The van der Waals surface area contributed by atoms with E-state index in [1.54, 1.807) is 25.2 Å². The summed E-state index contributed by atoms with van der Waals surface area (Å²) >= 11 is 0. The third-order valence-corrected chi connectivity index (χ3v) is 3.54. The number of aliphatic imine (C=N–C) groups is 1. The molecule has 9 heteroatoms. The second-order valence-electron chi connectivity index (χ2n) is 5.81. The van der Waals surface area contributed by atoms with Crippen molar-refractivity contribution in [2.45, 2.75) is 25.6 Å². The van der Waals surface area contributed by atoms with Gasteiger partial charge in [-0.2, -0.15) is 13.2 Å². The fourth-order valence-corrected chi connectivity index (χ4v) is 2.17. The molecule has 1 unspecified atom stereocenters. The average molecular weight is 378 g/mol. The Morgan fingerprint density at radius 2 is 1.96 bits per heavy atom. The highest BCUT2D eigenvalue weighted by Crippen LogP contribution is 2.17. The fraction of sp³-hybridized carbons (Fsp3) is 0.588. The first kappa shape index (κ1) is 22.0. The largest absolute Gasteiger partial charge is 0.486 e. The van der Waals surface area contributed by atoms with Gasteiger partial charge < -0.3 is 15.4 Å². The molecule has 148 valence electrons. The quantitative estimate of drug-likeness (QED) is 0.394. The topological polar surface area (TPSA) is 48.9 Å². The first-order valence-corrected chi connectivity index (χ1v) is 8.36. The Bertz CT molecular complexity index is 566. The van der Waals surface area contributed by atoms with E-state index >= 15 is 0 Å². The molecule has 2 N–H and O–H groups in total. The van der Waals surface area contributed by atoms with Crippen molar-refractivity contribution in [3.05, 3.63) is 30.1 Å². The number of alkyl halides is 3. The number of para-hydroxylation sites is 1. The summed E-state index contributed by atoms with van der Waals surface area (Å²) in [4.78, 5) is 5.19. The second-order valence-corrected chi connectivity index (χ2v) is 5.81. The van der Waals surface area contributed by atoms with E-state index in [2.05, 4.69) is 15.6 Å². The van der Waals surface area contributed by atoms with Gasteiger partial charge in [-0.3, -0.25) is 9.89 Å². The molecule has 0 saturated heterocycles. The summed E-state index contributed by atoms with van der Waals surface area (Å²) in [5.74, 6) is 0.194. The Hall–Kier alpha value is -2.03. The van der Waals surface area contributed by atoms with Gasteiger partial charge in [0, 0.05) is 20.1 Å². The Kier molecular flexibility index (Phi) is 9.18. The third kappa shape index (κ3) is 8.89. The maximum atomic E-state index is 13.6. The van der Waals surface area contributed by atoms with E-state index in [9.17, 15) is 17.6 Å². The third-order valence-electron chi connectivity index (χ3n) is 3.54. The normalized spacial score (nSPS) is 13.6. The van der Waals surface area contributed by atoms with Crippen LogP contribution in [0.1, 0.15) is 13.3 Å². The molecule has 0 aliphatic rings. The maximum Gasteiger partial charge on any atom is 0.401 e. The van der Waals surface area contributed by atoms with Crippen molar-refractivity contribution < 1.29 is 22.3 Å². The molecule has 5 nitrogen and oxygen atoms in total. The number of rotatable bonds is 9. The first-order valence-electron chi connectivity index (χ1n) is 8.36. The zero-order valence-corrected chi connectivity index (χ0v) is 15.2. The Balaban J connectivity index is 2.39. The van der Waals surface area contributed by atoms with Crippen LogP contribution >= 0.6 is 0 Å². The summed E-state index contributed by atoms with van der Waals surface area (Å²) < 4.78 is 56.1. The minimum absolute atomic E-state index is 0.179. The molecule has 0 aliphatic heterocycles. The van der Waals surface area contributed by atoms with Crippen LogP contribution in [0.3, 0.4) is 0 Å². The van der Waals surface area contributed by atoms with Gasteiger partial charge in [0.2, 0.25) is 0 Å². The van der Waals surface area contributed by atoms with Gasteiger partial charge in [-0.25, -0.2) is 4.39 Å². The van der Waals surface area contributed by atoms with Gasteiger partial charge in [-0.1, -0.05) is 19.1 Å². The monoisotopic (exact) mass is 378 g/mol. The highest BCUT2D eigenvalue weighted by atomic mass is 19.4. The SMILES string of the molecule is CCC(CNC(=NC)NCCN(C)CC(F)(F)F)Oc1ccccc1F. The van der Waals surface area contributed by atoms with Crippen molar-refractivity contribution >= 4 is 5.96 Å². The van der Waals surface area contributed by atoms with Gasteiger partial charge >= 0.3 is 6.18 Å². The van der Waals surface area contributed by atoms with Crippen LogP contribution in [0.15, 0.2) is 29.3 Å². The highest BCUT2D eigenvalue weighted by molar-refractivity contribution is 5.79. The van der Waals surface area contributed by atoms with Crippen LogP contribution < -0.4 is 15.4 Å². The van der Waals surface area contributed by atoms with Crippen LogP contribution in [0.25, 0.3) is 0 Å². The van der Waals surface area contributed by atoms with Gasteiger partial charge in [0.25, 0.3) is 0 Å². The number of ether oxygens (including phenoxy) is 1. The molecule has 1 rings (SSSR count). The number of likely N-dealkylation sites (N-methyl/N-ethyl adjacent to an activating group) is 1. The summed E-state index contributed by atoms with van der Waals surface area (Å²) in [6.45, 7) is 1.84. The summed E-state index contributed by atoms with van der Waals surface area (Å²) in [6, 6.07) is 6.16. The van der Waals surface area contributed by atoms with E-state index in [0.717, 1.165) is 0 Å². The lowest BCUT2D eigenvalue weighted by Gasteiger charge is -2.21. The first-order chi connectivity index (χ1) is 12.2. The predicted octanol–water partition coefficient (Wildman–Crippen LogP) is 2.64. The standard InChI is InChI=1S/C17H26F4N4O/c1-4-13(26-15-8-6-5-7-14(15)18)11-24-16(22-2)23-9-10-25(3)12-17(19,20)21/h5-8,13H,4,9-12H2,1-3H3,(H2,22,23,24). The average Bonchev–Trinajstić information content (AvgIpc) is 2.56. The van der Waals surface area contributed by atoms with E-state index < -0.39 is 18.5 Å². The van der Waals surface area contributed by atoms with Gasteiger partial charge in [0.1, 0.15) is 6.10 Å². The number of hydrogen-bond donors (Lipinski definition) is 2. The number of nitrogens with one attached hydrogen (secondary N) is 2. The molecule has 0 saturated carbocycles. The summed E-state index contributed by atoms with van der Waals surface area (Å²) in [5, 5.41) is 5.97. The van der Waals surface area contributed by atoms with Crippen molar-refractivity contribution in [3.63, 3.8) is 0 Å². The molecule has 0 heterocycles. The highest BCUT2D eigenvalue weighted by Gasteiger charge is 2.28. The van der Waals surface area contributed by atoms with Crippen LogP contribution in [0.4, 0.5) is 17.6 Å². The lowest BCUT2D eigenvalue weighted by atomic mass is 10.2. The second kappa shape index (κ2) is 10.8. The van der Waals surface area contributed by atoms with E-state index in [-0.39, 0.29) is 18.4 Å². The summed E-state index contributed by atoms with van der Waals surface area (Å²) in [7, 11) is 2.97. The number of hydrogen-bond acceptors (Lipinski definition) is 3. The number of nitrogens with zero attached hydrogens (tertiary/aromatic N) is 2. The Morgan fingerprint density at radius 3 is 2.54 bits per heavy atom. The van der Waals surface area contributed by atoms with E-state index in [4.69, 9.17) is 4.74 Å². The van der Waals surface area contributed by atoms with E-state index in [1.165, 1.54) is 18.0 Å². The molecule has 0 spiro atoms. The molecule has 0 aliphatic carbocycles. The lowest BCUT2D eigenvalue weighted by Crippen LogP contribution is -2.45. The van der Waals surface area contributed by atoms with Crippen LogP contribution in [0, 0.1) is 5.82 Å². The zero-order valence-electron chi connectivity index (χ0n) is 15.2. The zero-order chi connectivity index (χ0) is 19.6. The van der Waals surface area contributed by atoms with Crippen LogP contribution in [-0.4, -0.2) is 63.4 Å². The van der Waals surface area contributed by atoms with Crippen LogP contribution in [0.2, 0.25) is 0 Å². The van der Waals surface area contributed by atoms with Gasteiger partial charge in [0.15, 0.2) is 17.5 Å². The number of halogens is 4. The fourth-order valence-electron chi connectivity index (χ4n) is 2.17. The minimum atomic E-state index is -4.22. The molecule has 1 atom stereocenters. The summed E-state index contributed by atoms with van der Waals surface area (Å²) in [6.07, 6.45) is -3.85. The molecule has 1 aromatic rings. The van der Waals surface area contributed by atoms with Crippen molar-refractivity contribution in [2.75, 3.05) is 40.3 Å². The van der Waals surface area contributed by atoms with Crippen LogP contribution in [0.5, 0.6) is 5.75 Å². The molecule has 0 radical (unpaired) electrons. The number of benzene rings is 1. The minimum Gasteiger partial charge on any atom is -0.486 e. The molecule has 0 bridgehead atoms. The smallest absolute Gasteiger partial charge is 0.401 e. The molecular formula is C17H26F4N4O.